The first-order chi connectivity index (χ1) is 15.2. The minimum atomic E-state index is 0. The summed E-state index contributed by atoms with van der Waals surface area (Å²) in [5, 5.41) is 8.18. The quantitative estimate of drug-likeness (QED) is 0.238. The molecule has 0 amide bonds. The maximum Gasteiger partial charge on any atom is 0.191 e. The van der Waals surface area contributed by atoms with Crippen LogP contribution in [0.5, 0.6) is 0 Å². The van der Waals surface area contributed by atoms with Crippen molar-refractivity contribution in [3.63, 3.8) is 0 Å². The summed E-state index contributed by atoms with van der Waals surface area (Å²) in [4.78, 5) is 13.0. The molecule has 172 valence electrons. The maximum atomic E-state index is 5.44. The Morgan fingerprint density at radius 2 is 2.00 bits per heavy atom. The zero-order chi connectivity index (χ0) is 21.3. The lowest BCUT2D eigenvalue weighted by Gasteiger charge is -2.33. The van der Waals surface area contributed by atoms with Crippen molar-refractivity contribution in [2.45, 2.75) is 45.3 Å². The Morgan fingerprint density at radius 3 is 2.69 bits per heavy atom. The normalized spacial score (nSPS) is 15.3. The molecule has 8 heteroatoms. The molecule has 0 aliphatic carbocycles. The highest BCUT2D eigenvalue weighted by atomic mass is 127. The number of hydrogen-bond acceptors (Lipinski definition) is 5. The molecule has 0 unspecified atom stereocenters. The van der Waals surface area contributed by atoms with Crippen LogP contribution in [0, 0.1) is 6.92 Å². The number of aromatic nitrogens is 1. The summed E-state index contributed by atoms with van der Waals surface area (Å²) < 4.78 is 5.44. The van der Waals surface area contributed by atoms with Crippen LogP contribution in [0.2, 0.25) is 0 Å². The molecule has 2 aromatic heterocycles. The zero-order valence-electron chi connectivity index (χ0n) is 18.5. The van der Waals surface area contributed by atoms with Gasteiger partial charge in [0, 0.05) is 49.7 Å². The molecule has 2 N–H and O–H groups in total. The SMILES string of the molecule is Cc1cnc(CN=C(NCCc2ccco2)NC2CCN(Cc3ccccc3)CC2)s1.I. The lowest BCUT2D eigenvalue weighted by Crippen LogP contribution is -2.48. The Labute approximate surface area is 211 Å². The molecule has 1 aromatic carbocycles. The van der Waals surface area contributed by atoms with Crippen molar-refractivity contribution in [2.24, 2.45) is 4.99 Å². The van der Waals surface area contributed by atoms with Crippen molar-refractivity contribution in [3.05, 3.63) is 76.1 Å². The van der Waals surface area contributed by atoms with Crippen molar-refractivity contribution >= 4 is 41.3 Å². The van der Waals surface area contributed by atoms with Crippen LogP contribution < -0.4 is 10.6 Å². The van der Waals surface area contributed by atoms with E-state index < -0.39 is 0 Å². The van der Waals surface area contributed by atoms with E-state index in [1.54, 1.807) is 17.6 Å². The van der Waals surface area contributed by atoms with Crippen LogP contribution in [0.3, 0.4) is 0 Å². The van der Waals surface area contributed by atoms with Crippen molar-refractivity contribution in [1.29, 1.82) is 0 Å². The average molecular weight is 566 g/mol. The van der Waals surface area contributed by atoms with Gasteiger partial charge in [-0.15, -0.1) is 35.3 Å². The fraction of sp³-hybridized carbons (Fsp3) is 0.417. The summed E-state index contributed by atoms with van der Waals surface area (Å²) in [6.45, 7) is 6.68. The molecule has 0 radical (unpaired) electrons. The van der Waals surface area contributed by atoms with E-state index in [1.165, 1.54) is 10.4 Å². The third-order valence-corrected chi connectivity index (χ3v) is 6.36. The van der Waals surface area contributed by atoms with E-state index in [0.717, 1.165) is 62.2 Å². The number of likely N-dealkylation sites (tertiary alicyclic amines) is 1. The lowest BCUT2D eigenvalue weighted by atomic mass is 10.0. The number of thiazole rings is 1. The minimum absolute atomic E-state index is 0. The van der Waals surface area contributed by atoms with E-state index in [1.807, 2.05) is 18.3 Å². The number of nitrogens with one attached hydrogen (secondary N) is 2. The number of aliphatic imine (C=N–C) groups is 1. The van der Waals surface area contributed by atoms with Crippen LogP contribution >= 0.6 is 35.3 Å². The molecule has 32 heavy (non-hydrogen) atoms. The molecule has 3 heterocycles. The molecule has 4 rings (SSSR count). The summed E-state index contributed by atoms with van der Waals surface area (Å²) in [6, 6.07) is 15.1. The Hall–Kier alpha value is -1.91. The molecular formula is C24H32IN5OS. The second-order valence-corrected chi connectivity index (χ2v) is 9.29. The van der Waals surface area contributed by atoms with E-state index in [9.17, 15) is 0 Å². The first-order valence-electron chi connectivity index (χ1n) is 11.0. The first kappa shape index (κ1) is 24.7. The Morgan fingerprint density at radius 1 is 1.19 bits per heavy atom. The van der Waals surface area contributed by atoms with Crippen LogP contribution in [-0.2, 0) is 19.5 Å². The molecule has 6 nitrogen and oxygen atoms in total. The van der Waals surface area contributed by atoms with Gasteiger partial charge in [-0.3, -0.25) is 4.90 Å². The van der Waals surface area contributed by atoms with E-state index in [0.29, 0.717) is 12.6 Å². The van der Waals surface area contributed by atoms with E-state index in [2.05, 4.69) is 57.8 Å². The number of aryl methyl sites for hydroxylation is 1. The molecule has 0 saturated carbocycles. The second-order valence-electron chi connectivity index (χ2n) is 7.97. The van der Waals surface area contributed by atoms with E-state index in [-0.39, 0.29) is 24.0 Å². The molecule has 1 saturated heterocycles. The van der Waals surface area contributed by atoms with Crippen LogP contribution in [0.1, 0.15) is 34.1 Å². The van der Waals surface area contributed by atoms with E-state index >= 15 is 0 Å². The number of benzene rings is 1. The second kappa shape index (κ2) is 13.0. The van der Waals surface area contributed by atoms with Gasteiger partial charge in [0.05, 0.1) is 12.8 Å². The molecule has 3 aromatic rings. The van der Waals surface area contributed by atoms with E-state index in [4.69, 9.17) is 9.41 Å². The molecular weight excluding hydrogens is 533 g/mol. The third-order valence-electron chi connectivity index (χ3n) is 5.46. The molecule has 0 atom stereocenters. The van der Waals surface area contributed by atoms with Gasteiger partial charge in [-0.25, -0.2) is 9.98 Å². The van der Waals surface area contributed by atoms with Gasteiger partial charge >= 0.3 is 0 Å². The zero-order valence-corrected chi connectivity index (χ0v) is 21.6. The standard InChI is InChI=1S/C24H31N5OS.HI/c1-19-16-26-23(31-19)17-27-24(25-12-9-22-8-5-15-30-22)28-21-10-13-29(14-11-21)18-20-6-3-2-4-7-20;/h2-8,15-16,21H,9-14,17-18H2,1H3,(H2,25,27,28);1H. The third kappa shape index (κ3) is 7.90. The van der Waals surface area contributed by atoms with Gasteiger partial charge in [0.25, 0.3) is 0 Å². The smallest absolute Gasteiger partial charge is 0.191 e. The van der Waals surface area contributed by atoms with Crippen molar-refractivity contribution in [2.75, 3.05) is 19.6 Å². The Kier molecular flexibility index (Phi) is 10.0. The lowest BCUT2D eigenvalue weighted by molar-refractivity contribution is 0.198. The van der Waals surface area contributed by atoms with Gasteiger partial charge in [0.2, 0.25) is 0 Å². The van der Waals surface area contributed by atoms with Gasteiger partial charge in [-0.1, -0.05) is 30.3 Å². The molecule has 1 aliphatic rings. The number of piperidine rings is 1. The van der Waals surface area contributed by atoms with Gasteiger partial charge < -0.3 is 15.1 Å². The molecule has 1 aliphatic heterocycles. The fourth-order valence-electron chi connectivity index (χ4n) is 3.80. The first-order valence-corrected chi connectivity index (χ1v) is 11.8. The highest BCUT2D eigenvalue weighted by Crippen LogP contribution is 2.15. The maximum absolute atomic E-state index is 5.44. The van der Waals surface area contributed by atoms with Gasteiger partial charge in [0.1, 0.15) is 10.8 Å². The highest BCUT2D eigenvalue weighted by molar-refractivity contribution is 14.0. The Bertz CT molecular complexity index is 936. The average Bonchev–Trinajstić information content (AvgIpc) is 3.46. The molecule has 0 bridgehead atoms. The number of halogens is 1. The predicted octanol–water partition coefficient (Wildman–Crippen LogP) is 4.61. The fourth-order valence-corrected chi connectivity index (χ4v) is 4.51. The minimum Gasteiger partial charge on any atom is -0.469 e. The van der Waals surface area contributed by atoms with Crippen molar-refractivity contribution < 1.29 is 4.42 Å². The van der Waals surface area contributed by atoms with Crippen LogP contribution in [-0.4, -0.2) is 41.5 Å². The summed E-state index contributed by atoms with van der Waals surface area (Å²) in [6.07, 6.45) is 6.69. The van der Waals surface area contributed by atoms with Crippen molar-refractivity contribution in [1.82, 2.24) is 20.5 Å². The number of hydrogen-bond donors (Lipinski definition) is 2. The van der Waals surface area contributed by atoms with Crippen LogP contribution in [0.15, 0.2) is 64.3 Å². The van der Waals surface area contributed by atoms with Gasteiger partial charge in [-0.05, 0) is 37.5 Å². The van der Waals surface area contributed by atoms with Crippen LogP contribution in [0.4, 0.5) is 0 Å². The number of rotatable bonds is 8. The largest absolute Gasteiger partial charge is 0.469 e. The summed E-state index contributed by atoms with van der Waals surface area (Å²) in [7, 11) is 0. The number of furan rings is 1. The van der Waals surface area contributed by atoms with Gasteiger partial charge in [-0.2, -0.15) is 0 Å². The number of guanidine groups is 1. The highest BCUT2D eigenvalue weighted by Gasteiger charge is 2.20. The number of nitrogens with zero attached hydrogens (tertiary/aromatic N) is 3. The molecule has 0 spiro atoms. The Balaban J connectivity index is 0.00000289. The predicted molar refractivity (Wildman–Crippen MR) is 142 cm³/mol. The summed E-state index contributed by atoms with van der Waals surface area (Å²) >= 11 is 1.70. The topological polar surface area (TPSA) is 65.7 Å². The monoisotopic (exact) mass is 565 g/mol. The van der Waals surface area contributed by atoms with Crippen molar-refractivity contribution in [3.8, 4) is 0 Å². The summed E-state index contributed by atoms with van der Waals surface area (Å²) in [5.41, 5.74) is 1.38. The van der Waals surface area contributed by atoms with Gasteiger partial charge in [0.15, 0.2) is 5.96 Å². The van der Waals surface area contributed by atoms with Crippen LogP contribution in [0.25, 0.3) is 0 Å². The summed E-state index contributed by atoms with van der Waals surface area (Å²) in [5.74, 6) is 1.84. The molecule has 1 fully saturated rings.